The second-order valence-corrected chi connectivity index (χ2v) is 12.0. The number of carbonyl (C=O) groups excluding carboxylic acids is 5. The quantitative estimate of drug-likeness (QED) is 0.561. The molecule has 10 nitrogen and oxygen atoms in total. The topological polar surface area (TPSA) is 110 Å². The second-order valence-electron chi connectivity index (χ2n) is 12.0. The van der Waals surface area contributed by atoms with E-state index in [4.69, 9.17) is 0 Å². The maximum atomic E-state index is 13.2. The second kappa shape index (κ2) is 11.3. The Labute approximate surface area is 235 Å². The molecule has 1 aromatic rings. The molecule has 6 rings (SSSR count). The van der Waals surface area contributed by atoms with E-state index in [1.165, 1.54) is 6.42 Å². The molecule has 214 valence electrons. The number of piperazine rings is 1. The smallest absolute Gasteiger partial charge is 0.262 e. The third kappa shape index (κ3) is 5.25. The van der Waals surface area contributed by atoms with Crippen molar-refractivity contribution in [3.8, 4) is 0 Å². The van der Waals surface area contributed by atoms with Crippen LogP contribution < -0.4 is 10.2 Å². The van der Waals surface area contributed by atoms with E-state index in [0.717, 1.165) is 88.4 Å². The fourth-order valence-electron chi connectivity index (χ4n) is 7.23. The molecular formula is C30H39N5O5. The van der Waals surface area contributed by atoms with Crippen LogP contribution in [0.2, 0.25) is 0 Å². The Morgan fingerprint density at radius 2 is 1.50 bits per heavy atom. The molecule has 10 heteroatoms. The Morgan fingerprint density at radius 1 is 0.800 bits per heavy atom. The van der Waals surface area contributed by atoms with Crippen molar-refractivity contribution in [2.75, 3.05) is 44.2 Å². The summed E-state index contributed by atoms with van der Waals surface area (Å²) in [5, 5.41) is 2.24. The predicted molar refractivity (Wildman–Crippen MR) is 148 cm³/mol. The standard InChI is InChI=1S/C30H39N5O5/c36-26-11-10-25(28(38)31-26)35-29(39)23-9-8-22(19-24(23)30(35)40)33-16-14-32(15-17-33)21-6-4-20(5-7-21)18-27(37)34-12-2-1-3-13-34/h8-9,19-21,25H,1-7,10-18H2,(H,31,36,38). The Kier molecular flexibility index (Phi) is 7.61. The Hall–Kier alpha value is -3.27. The molecule has 5 amide bonds. The molecule has 1 N–H and O–H groups in total. The summed E-state index contributed by atoms with van der Waals surface area (Å²) >= 11 is 0. The molecule has 0 aromatic heterocycles. The van der Waals surface area contributed by atoms with Crippen LogP contribution >= 0.6 is 0 Å². The van der Waals surface area contributed by atoms with Crippen molar-refractivity contribution in [1.29, 1.82) is 0 Å². The van der Waals surface area contributed by atoms with Crippen molar-refractivity contribution in [1.82, 2.24) is 20.0 Å². The molecule has 1 unspecified atom stereocenters. The summed E-state index contributed by atoms with van der Waals surface area (Å²) in [6.45, 7) is 5.43. The highest BCUT2D eigenvalue weighted by atomic mass is 16.2. The molecule has 0 spiro atoms. The first-order valence-corrected chi connectivity index (χ1v) is 15.0. The third-order valence-corrected chi connectivity index (χ3v) is 9.61. The maximum Gasteiger partial charge on any atom is 0.262 e. The highest BCUT2D eigenvalue weighted by molar-refractivity contribution is 6.23. The molecule has 4 fully saturated rings. The molecule has 3 saturated heterocycles. The summed E-state index contributed by atoms with van der Waals surface area (Å²) in [4.78, 5) is 70.7. The summed E-state index contributed by atoms with van der Waals surface area (Å²) in [5.41, 5.74) is 1.55. The number of amides is 5. The first-order chi connectivity index (χ1) is 19.4. The molecule has 4 aliphatic heterocycles. The first kappa shape index (κ1) is 26.9. The van der Waals surface area contributed by atoms with E-state index in [0.29, 0.717) is 35.4 Å². The minimum absolute atomic E-state index is 0.109. The Morgan fingerprint density at radius 3 is 2.20 bits per heavy atom. The number of carbonyl (C=O) groups is 5. The summed E-state index contributed by atoms with van der Waals surface area (Å²) in [5.74, 6) is -1.05. The van der Waals surface area contributed by atoms with Gasteiger partial charge in [0, 0.05) is 63.8 Å². The molecule has 1 saturated carbocycles. The van der Waals surface area contributed by atoms with Gasteiger partial charge in [0.15, 0.2) is 0 Å². The zero-order chi connectivity index (χ0) is 27.8. The maximum absolute atomic E-state index is 13.2. The summed E-state index contributed by atoms with van der Waals surface area (Å²) in [6.07, 6.45) is 9.03. The lowest BCUT2D eigenvalue weighted by molar-refractivity contribution is -0.136. The molecule has 4 heterocycles. The van der Waals surface area contributed by atoms with Crippen molar-refractivity contribution in [2.24, 2.45) is 5.92 Å². The van der Waals surface area contributed by atoms with Gasteiger partial charge in [-0.05, 0) is 75.5 Å². The Bertz CT molecular complexity index is 1190. The normalized spacial score (nSPS) is 28.1. The van der Waals surface area contributed by atoms with Gasteiger partial charge in [-0.2, -0.15) is 0 Å². The molecule has 1 atom stereocenters. The summed E-state index contributed by atoms with van der Waals surface area (Å²) in [6, 6.07) is 4.97. The number of fused-ring (bicyclic) bond motifs is 1. The van der Waals surface area contributed by atoms with Crippen molar-refractivity contribution < 1.29 is 24.0 Å². The highest BCUT2D eigenvalue weighted by Crippen LogP contribution is 2.33. The van der Waals surface area contributed by atoms with E-state index in [1.54, 1.807) is 12.1 Å². The zero-order valence-corrected chi connectivity index (χ0v) is 23.1. The van der Waals surface area contributed by atoms with Crippen molar-refractivity contribution >= 4 is 35.2 Å². The largest absolute Gasteiger partial charge is 0.369 e. The minimum Gasteiger partial charge on any atom is -0.369 e. The molecule has 0 bridgehead atoms. The number of anilines is 1. The van der Waals surface area contributed by atoms with Gasteiger partial charge in [0.05, 0.1) is 11.1 Å². The lowest BCUT2D eigenvalue weighted by Gasteiger charge is -2.42. The van der Waals surface area contributed by atoms with Crippen LogP contribution in [-0.2, 0) is 14.4 Å². The zero-order valence-electron chi connectivity index (χ0n) is 23.1. The number of hydrogen-bond donors (Lipinski definition) is 1. The van der Waals surface area contributed by atoms with Gasteiger partial charge >= 0.3 is 0 Å². The lowest BCUT2D eigenvalue weighted by atomic mass is 9.83. The van der Waals surface area contributed by atoms with Gasteiger partial charge in [0.25, 0.3) is 11.8 Å². The molecule has 1 aliphatic carbocycles. The van der Waals surface area contributed by atoms with Crippen LogP contribution in [0.3, 0.4) is 0 Å². The van der Waals surface area contributed by atoms with Crippen LogP contribution in [0, 0.1) is 5.92 Å². The molecule has 0 radical (unpaired) electrons. The SMILES string of the molecule is O=C1CCC(N2C(=O)c3ccc(N4CCN(C5CCC(CC(=O)N6CCCCC6)CC5)CC4)cc3C2=O)C(=O)N1. The number of imide groups is 2. The van der Waals surface area contributed by atoms with E-state index < -0.39 is 23.8 Å². The number of nitrogens with zero attached hydrogens (tertiary/aromatic N) is 4. The number of hydrogen-bond acceptors (Lipinski definition) is 7. The van der Waals surface area contributed by atoms with Crippen LogP contribution in [0.25, 0.3) is 0 Å². The number of benzene rings is 1. The fraction of sp³-hybridized carbons (Fsp3) is 0.633. The van der Waals surface area contributed by atoms with E-state index >= 15 is 0 Å². The van der Waals surface area contributed by atoms with Gasteiger partial charge < -0.3 is 9.80 Å². The van der Waals surface area contributed by atoms with E-state index in [1.807, 2.05) is 6.07 Å². The molecular weight excluding hydrogens is 510 g/mol. The van der Waals surface area contributed by atoms with Crippen LogP contribution in [0.15, 0.2) is 18.2 Å². The molecule has 5 aliphatic rings. The lowest BCUT2D eigenvalue weighted by Crippen LogP contribution is -2.54. The average Bonchev–Trinajstić information content (AvgIpc) is 3.23. The van der Waals surface area contributed by atoms with Gasteiger partial charge in [-0.3, -0.25) is 39.1 Å². The Balaban J connectivity index is 1.01. The highest BCUT2D eigenvalue weighted by Gasteiger charge is 2.45. The van der Waals surface area contributed by atoms with E-state index in [2.05, 4.69) is 20.0 Å². The average molecular weight is 550 g/mol. The van der Waals surface area contributed by atoms with Gasteiger partial charge in [-0.25, -0.2) is 0 Å². The van der Waals surface area contributed by atoms with E-state index in [-0.39, 0.29) is 18.7 Å². The number of rotatable bonds is 5. The number of likely N-dealkylation sites (tertiary alicyclic amines) is 1. The number of nitrogens with one attached hydrogen (secondary N) is 1. The van der Waals surface area contributed by atoms with Gasteiger partial charge in [-0.1, -0.05) is 0 Å². The molecule has 40 heavy (non-hydrogen) atoms. The molecule has 1 aromatic carbocycles. The first-order valence-electron chi connectivity index (χ1n) is 15.0. The van der Waals surface area contributed by atoms with Gasteiger partial charge in [-0.15, -0.1) is 0 Å². The third-order valence-electron chi connectivity index (χ3n) is 9.61. The fourth-order valence-corrected chi connectivity index (χ4v) is 7.23. The van der Waals surface area contributed by atoms with Crippen LogP contribution in [0.5, 0.6) is 0 Å². The number of piperidine rings is 2. The van der Waals surface area contributed by atoms with Crippen LogP contribution in [-0.4, -0.2) is 95.6 Å². The van der Waals surface area contributed by atoms with Gasteiger partial charge in [0.1, 0.15) is 6.04 Å². The van der Waals surface area contributed by atoms with Crippen molar-refractivity contribution in [2.45, 2.75) is 76.3 Å². The predicted octanol–water partition coefficient (Wildman–Crippen LogP) is 2.17. The summed E-state index contributed by atoms with van der Waals surface area (Å²) < 4.78 is 0. The monoisotopic (exact) mass is 549 g/mol. The minimum atomic E-state index is -0.949. The van der Waals surface area contributed by atoms with Gasteiger partial charge in [0.2, 0.25) is 17.7 Å². The van der Waals surface area contributed by atoms with Crippen molar-refractivity contribution in [3.05, 3.63) is 29.3 Å². The van der Waals surface area contributed by atoms with E-state index in [9.17, 15) is 24.0 Å². The summed E-state index contributed by atoms with van der Waals surface area (Å²) in [7, 11) is 0. The van der Waals surface area contributed by atoms with Crippen molar-refractivity contribution in [3.63, 3.8) is 0 Å². The van der Waals surface area contributed by atoms with Crippen LogP contribution in [0.4, 0.5) is 5.69 Å². The van der Waals surface area contributed by atoms with Crippen LogP contribution in [0.1, 0.15) is 84.9 Å².